The van der Waals surface area contributed by atoms with E-state index >= 15 is 0 Å². The molecule has 1 aliphatic rings. The fourth-order valence-electron chi connectivity index (χ4n) is 2.91. The van der Waals surface area contributed by atoms with Crippen molar-refractivity contribution < 1.29 is 14.3 Å². The average molecular weight is 345 g/mol. The van der Waals surface area contributed by atoms with Gasteiger partial charge in [0.05, 0.1) is 24.8 Å². The minimum atomic E-state index is -0.133. The van der Waals surface area contributed by atoms with E-state index in [0.717, 1.165) is 32.7 Å². The molecule has 6 nitrogen and oxygen atoms in total. The monoisotopic (exact) mass is 345 g/mol. The zero-order valence-electron chi connectivity index (χ0n) is 15.0. The number of nitriles is 1. The molecule has 0 radical (unpaired) electrons. The van der Waals surface area contributed by atoms with E-state index < -0.39 is 0 Å². The van der Waals surface area contributed by atoms with E-state index in [9.17, 15) is 4.79 Å². The molecule has 0 bridgehead atoms. The molecule has 1 amide bonds. The Kier molecular flexibility index (Phi) is 7.71. The summed E-state index contributed by atoms with van der Waals surface area (Å²) in [5.74, 6) is 1.02. The van der Waals surface area contributed by atoms with Crippen LogP contribution in [0.4, 0.5) is 0 Å². The summed E-state index contributed by atoms with van der Waals surface area (Å²) in [4.78, 5) is 14.5. The third-order valence-corrected chi connectivity index (χ3v) is 4.19. The van der Waals surface area contributed by atoms with Crippen molar-refractivity contribution in [2.75, 3.05) is 39.5 Å². The Hall–Kier alpha value is -2.10. The van der Waals surface area contributed by atoms with E-state index in [1.807, 2.05) is 0 Å². The van der Waals surface area contributed by atoms with Crippen molar-refractivity contribution in [3.63, 3.8) is 0 Å². The number of carbonyl (C=O) groups is 1. The van der Waals surface area contributed by atoms with Gasteiger partial charge in [-0.15, -0.1) is 0 Å². The highest BCUT2D eigenvalue weighted by Gasteiger charge is 2.22. The molecule has 25 heavy (non-hydrogen) atoms. The molecule has 1 N–H and O–H groups in total. The van der Waals surface area contributed by atoms with Crippen LogP contribution < -0.4 is 10.1 Å². The number of rotatable bonds is 8. The van der Waals surface area contributed by atoms with Crippen molar-refractivity contribution in [1.82, 2.24) is 10.2 Å². The van der Waals surface area contributed by atoms with Gasteiger partial charge in [-0.25, -0.2) is 0 Å². The van der Waals surface area contributed by atoms with Gasteiger partial charge >= 0.3 is 0 Å². The van der Waals surface area contributed by atoms with Crippen molar-refractivity contribution in [2.45, 2.75) is 26.3 Å². The van der Waals surface area contributed by atoms with Crippen molar-refractivity contribution in [2.24, 2.45) is 5.92 Å². The van der Waals surface area contributed by atoms with E-state index in [0.29, 0.717) is 29.8 Å². The quantitative estimate of drug-likeness (QED) is 0.778. The first kappa shape index (κ1) is 19.2. The van der Waals surface area contributed by atoms with E-state index in [2.05, 4.69) is 30.1 Å². The van der Waals surface area contributed by atoms with Gasteiger partial charge in [0, 0.05) is 25.7 Å². The zero-order chi connectivity index (χ0) is 18.1. The highest BCUT2D eigenvalue weighted by Crippen LogP contribution is 2.13. The maximum atomic E-state index is 12.1. The lowest BCUT2D eigenvalue weighted by Crippen LogP contribution is -2.49. The number of amides is 1. The molecule has 6 heteroatoms. The SMILES string of the molecule is CC(C)CC(CNC(=O)COc1ccc(C#N)cc1)N1CCOCC1. The van der Waals surface area contributed by atoms with Crippen molar-refractivity contribution in [3.05, 3.63) is 29.8 Å². The van der Waals surface area contributed by atoms with Crippen LogP contribution in [0.2, 0.25) is 0 Å². The topological polar surface area (TPSA) is 74.6 Å². The van der Waals surface area contributed by atoms with Crippen LogP contribution in [0.15, 0.2) is 24.3 Å². The molecule has 1 aromatic carbocycles. The third-order valence-electron chi connectivity index (χ3n) is 4.19. The lowest BCUT2D eigenvalue weighted by atomic mass is 10.0. The predicted octanol–water partition coefficient (Wildman–Crippen LogP) is 1.80. The molecule has 1 aromatic rings. The van der Waals surface area contributed by atoms with Crippen molar-refractivity contribution in [1.29, 1.82) is 5.26 Å². The molecule has 2 rings (SSSR count). The highest BCUT2D eigenvalue weighted by atomic mass is 16.5. The lowest BCUT2D eigenvalue weighted by molar-refractivity contribution is -0.123. The fourth-order valence-corrected chi connectivity index (χ4v) is 2.91. The van der Waals surface area contributed by atoms with Gasteiger partial charge in [0.15, 0.2) is 6.61 Å². The van der Waals surface area contributed by atoms with Crippen molar-refractivity contribution >= 4 is 5.91 Å². The summed E-state index contributed by atoms with van der Waals surface area (Å²) in [6, 6.07) is 9.11. The van der Waals surface area contributed by atoms with Crippen LogP contribution >= 0.6 is 0 Å². The number of carbonyl (C=O) groups excluding carboxylic acids is 1. The van der Waals surface area contributed by atoms with E-state index in [1.165, 1.54) is 0 Å². The summed E-state index contributed by atoms with van der Waals surface area (Å²) < 4.78 is 10.9. The first-order chi connectivity index (χ1) is 12.1. The van der Waals surface area contributed by atoms with Crippen LogP contribution in [0.25, 0.3) is 0 Å². The van der Waals surface area contributed by atoms with Gasteiger partial charge < -0.3 is 14.8 Å². The van der Waals surface area contributed by atoms with E-state index in [-0.39, 0.29) is 12.5 Å². The Bertz CT molecular complexity index is 575. The third kappa shape index (κ3) is 6.73. The highest BCUT2D eigenvalue weighted by molar-refractivity contribution is 5.77. The van der Waals surface area contributed by atoms with Crippen LogP contribution in [0.1, 0.15) is 25.8 Å². The van der Waals surface area contributed by atoms with Gasteiger partial charge in [0.25, 0.3) is 5.91 Å². The summed E-state index contributed by atoms with van der Waals surface area (Å²) in [6.07, 6.45) is 1.04. The van der Waals surface area contributed by atoms with Gasteiger partial charge in [-0.3, -0.25) is 9.69 Å². The molecule has 0 aromatic heterocycles. The Labute approximate surface area is 149 Å². The Morgan fingerprint density at radius 2 is 2.00 bits per heavy atom. The summed E-state index contributed by atoms with van der Waals surface area (Å²) in [5.41, 5.74) is 0.568. The molecule has 136 valence electrons. The normalized spacial score (nSPS) is 16.2. The smallest absolute Gasteiger partial charge is 0.257 e. The van der Waals surface area contributed by atoms with Crippen LogP contribution in [0, 0.1) is 17.2 Å². The number of nitrogens with zero attached hydrogens (tertiary/aromatic N) is 2. The first-order valence-electron chi connectivity index (χ1n) is 8.80. The second-order valence-electron chi connectivity index (χ2n) is 6.66. The predicted molar refractivity (Wildman–Crippen MR) is 95.3 cm³/mol. The van der Waals surface area contributed by atoms with Gasteiger partial charge in [-0.2, -0.15) is 5.26 Å². The van der Waals surface area contributed by atoms with Crippen molar-refractivity contribution in [3.8, 4) is 11.8 Å². The van der Waals surface area contributed by atoms with Gasteiger partial charge in [-0.05, 0) is 36.6 Å². The fraction of sp³-hybridized carbons (Fsp3) is 0.579. The minimum absolute atomic E-state index is 0.0244. The molecule has 1 fully saturated rings. The molecule has 0 aliphatic carbocycles. The molecule has 1 saturated heterocycles. The molecule has 1 unspecified atom stereocenters. The average Bonchev–Trinajstić information content (AvgIpc) is 2.64. The zero-order valence-corrected chi connectivity index (χ0v) is 15.0. The number of nitrogens with one attached hydrogen (secondary N) is 1. The van der Waals surface area contributed by atoms with Gasteiger partial charge in [0.2, 0.25) is 0 Å². The minimum Gasteiger partial charge on any atom is -0.484 e. The second kappa shape index (κ2) is 10.0. The molecule has 1 heterocycles. The van der Waals surface area contributed by atoms with Crippen LogP contribution in [-0.4, -0.2) is 56.3 Å². The standard InChI is InChI=1S/C19H27N3O3/c1-15(2)11-17(22-7-9-24-10-8-22)13-21-19(23)14-25-18-5-3-16(12-20)4-6-18/h3-6,15,17H,7-11,13-14H2,1-2H3,(H,21,23). The summed E-state index contributed by atoms with van der Waals surface area (Å²) in [7, 11) is 0. The van der Waals surface area contributed by atoms with Crippen LogP contribution in [-0.2, 0) is 9.53 Å². The molecular weight excluding hydrogens is 318 g/mol. The number of ether oxygens (including phenoxy) is 2. The number of morpholine rings is 1. The summed E-state index contributed by atoms with van der Waals surface area (Å²) in [5, 5.41) is 11.8. The first-order valence-corrected chi connectivity index (χ1v) is 8.80. The number of hydrogen-bond donors (Lipinski definition) is 1. The number of hydrogen-bond acceptors (Lipinski definition) is 5. The molecule has 0 saturated carbocycles. The molecule has 0 spiro atoms. The largest absolute Gasteiger partial charge is 0.484 e. The molecule has 1 atom stereocenters. The van der Waals surface area contributed by atoms with E-state index in [1.54, 1.807) is 24.3 Å². The maximum absolute atomic E-state index is 12.1. The van der Waals surface area contributed by atoms with Gasteiger partial charge in [0.1, 0.15) is 5.75 Å². The lowest BCUT2D eigenvalue weighted by Gasteiger charge is -2.35. The summed E-state index contributed by atoms with van der Waals surface area (Å²) >= 11 is 0. The second-order valence-corrected chi connectivity index (χ2v) is 6.66. The maximum Gasteiger partial charge on any atom is 0.257 e. The Morgan fingerprint density at radius 1 is 1.32 bits per heavy atom. The summed E-state index contributed by atoms with van der Waals surface area (Å²) in [6.45, 7) is 8.32. The van der Waals surface area contributed by atoms with E-state index in [4.69, 9.17) is 14.7 Å². The van der Waals surface area contributed by atoms with Crippen LogP contribution in [0.3, 0.4) is 0 Å². The van der Waals surface area contributed by atoms with Gasteiger partial charge in [-0.1, -0.05) is 13.8 Å². The Morgan fingerprint density at radius 3 is 2.60 bits per heavy atom. The Balaban J connectivity index is 1.77. The molecular formula is C19H27N3O3. The number of benzene rings is 1. The molecule has 1 aliphatic heterocycles. The van der Waals surface area contributed by atoms with Crippen LogP contribution in [0.5, 0.6) is 5.75 Å².